The molecule has 1 fully saturated rings. The van der Waals surface area contributed by atoms with Crippen LogP contribution in [0.15, 0.2) is 35.9 Å². The van der Waals surface area contributed by atoms with Crippen LogP contribution in [0.5, 0.6) is 5.75 Å². The zero-order chi connectivity index (χ0) is 22.2. The highest BCUT2D eigenvalue weighted by Gasteiger charge is 2.46. The molecule has 0 aliphatic carbocycles. The van der Waals surface area contributed by atoms with Crippen LogP contribution in [0, 0.1) is 6.92 Å². The van der Waals surface area contributed by atoms with Gasteiger partial charge in [0, 0.05) is 6.54 Å². The molecule has 30 heavy (non-hydrogen) atoms. The SMILES string of the molecule is CCCN1C(=O)C(=O)/C(=C(/O)c2cc(C)cc(Cl)c2OC)C1c1ccc(Cl)c(Cl)c1. The Kier molecular flexibility index (Phi) is 6.65. The number of halogens is 3. The monoisotopic (exact) mass is 467 g/mol. The highest BCUT2D eigenvalue weighted by molar-refractivity contribution is 6.47. The van der Waals surface area contributed by atoms with E-state index in [2.05, 4.69) is 0 Å². The second-order valence-corrected chi connectivity index (χ2v) is 8.22. The lowest BCUT2D eigenvalue weighted by molar-refractivity contribution is -0.139. The molecule has 0 spiro atoms. The quantitative estimate of drug-likeness (QED) is 0.342. The van der Waals surface area contributed by atoms with Crippen molar-refractivity contribution in [3.63, 3.8) is 0 Å². The molecule has 5 nitrogen and oxygen atoms in total. The third kappa shape index (κ3) is 3.89. The lowest BCUT2D eigenvalue weighted by Crippen LogP contribution is -2.30. The summed E-state index contributed by atoms with van der Waals surface area (Å²) in [5.41, 5.74) is 1.52. The van der Waals surface area contributed by atoms with E-state index in [1.54, 1.807) is 37.3 Å². The number of aliphatic hydroxyl groups is 1. The molecule has 0 aromatic heterocycles. The van der Waals surface area contributed by atoms with Crippen LogP contribution in [0.4, 0.5) is 0 Å². The number of likely N-dealkylation sites (tertiary alicyclic amines) is 1. The Balaban J connectivity index is 2.30. The van der Waals surface area contributed by atoms with E-state index in [0.717, 1.165) is 5.56 Å². The number of carbonyl (C=O) groups is 2. The summed E-state index contributed by atoms with van der Waals surface area (Å²) in [5, 5.41) is 12.1. The Bertz CT molecular complexity index is 1060. The van der Waals surface area contributed by atoms with Gasteiger partial charge in [0.15, 0.2) is 0 Å². The van der Waals surface area contributed by atoms with Gasteiger partial charge in [0.2, 0.25) is 0 Å². The van der Waals surface area contributed by atoms with Crippen LogP contribution in [0.3, 0.4) is 0 Å². The number of carbonyl (C=O) groups excluding carboxylic acids is 2. The number of ether oxygens (including phenoxy) is 1. The van der Waals surface area contributed by atoms with E-state index in [-0.39, 0.29) is 32.7 Å². The molecule has 8 heteroatoms. The van der Waals surface area contributed by atoms with Gasteiger partial charge in [0.25, 0.3) is 11.7 Å². The van der Waals surface area contributed by atoms with Crippen molar-refractivity contribution in [1.29, 1.82) is 0 Å². The second-order valence-electron chi connectivity index (χ2n) is 6.99. The van der Waals surface area contributed by atoms with Gasteiger partial charge in [0.05, 0.1) is 39.4 Å². The molecule has 1 unspecified atom stereocenters. The van der Waals surface area contributed by atoms with Crippen molar-refractivity contribution in [3.8, 4) is 5.75 Å². The number of aryl methyl sites for hydroxylation is 1. The standard InChI is InChI=1S/C22H20Cl3NO4/c1-4-7-26-18(12-5-6-14(23)15(24)10-12)17(20(28)22(26)29)19(27)13-8-11(2)9-16(25)21(13)30-3/h5-6,8-10,18,27H,4,7H2,1-3H3/b19-17+. The van der Waals surface area contributed by atoms with Gasteiger partial charge in [-0.3, -0.25) is 9.59 Å². The zero-order valence-electron chi connectivity index (χ0n) is 16.6. The summed E-state index contributed by atoms with van der Waals surface area (Å²) in [6.07, 6.45) is 0.629. The predicted octanol–water partition coefficient (Wildman–Crippen LogP) is 5.80. The van der Waals surface area contributed by atoms with Gasteiger partial charge < -0.3 is 14.7 Å². The van der Waals surface area contributed by atoms with Crippen molar-refractivity contribution < 1.29 is 19.4 Å². The summed E-state index contributed by atoms with van der Waals surface area (Å²) < 4.78 is 5.35. The summed E-state index contributed by atoms with van der Waals surface area (Å²) in [6, 6.07) is 7.39. The first-order valence-electron chi connectivity index (χ1n) is 9.29. The second kappa shape index (κ2) is 8.88. The first-order valence-corrected chi connectivity index (χ1v) is 10.4. The number of ketones is 1. The Hall–Kier alpha value is -2.21. The van der Waals surface area contributed by atoms with Crippen molar-refractivity contribution in [1.82, 2.24) is 4.90 Å². The first kappa shape index (κ1) is 22.5. The van der Waals surface area contributed by atoms with E-state index in [9.17, 15) is 14.7 Å². The maximum absolute atomic E-state index is 13.0. The van der Waals surface area contributed by atoms with Gasteiger partial charge >= 0.3 is 0 Å². The normalized spacial score (nSPS) is 18.2. The minimum absolute atomic E-state index is 0.0493. The average Bonchev–Trinajstić information content (AvgIpc) is 2.94. The van der Waals surface area contributed by atoms with Crippen molar-refractivity contribution in [3.05, 3.63) is 67.7 Å². The molecular formula is C22H20Cl3NO4. The van der Waals surface area contributed by atoms with Crippen LogP contribution >= 0.6 is 34.8 Å². The number of amides is 1. The number of hydrogen-bond donors (Lipinski definition) is 1. The topological polar surface area (TPSA) is 66.8 Å². The van der Waals surface area contributed by atoms with Crippen LogP contribution in [-0.2, 0) is 9.59 Å². The Morgan fingerprint density at radius 3 is 2.40 bits per heavy atom. The molecule has 1 saturated heterocycles. The molecule has 158 valence electrons. The molecule has 1 heterocycles. The first-order chi connectivity index (χ1) is 14.2. The number of rotatable bonds is 5. The van der Waals surface area contributed by atoms with Crippen molar-refractivity contribution in [2.24, 2.45) is 0 Å². The number of methoxy groups -OCH3 is 1. The summed E-state index contributed by atoms with van der Waals surface area (Å²) in [5.74, 6) is -1.61. The highest BCUT2D eigenvalue weighted by atomic mass is 35.5. The molecule has 1 atom stereocenters. The van der Waals surface area contributed by atoms with E-state index in [1.165, 1.54) is 12.0 Å². The smallest absolute Gasteiger partial charge is 0.295 e. The van der Waals surface area contributed by atoms with Crippen LogP contribution < -0.4 is 4.74 Å². The van der Waals surface area contributed by atoms with E-state index >= 15 is 0 Å². The zero-order valence-corrected chi connectivity index (χ0v) is 18.9. The third-order valence-electron chi connectivity index (χ3n) is 4.91. The average molecular weight is 469 g/mol. The number of hydrogen-bond acceptors (Lipinski definition) is 4. The van der Waals surface area contributed by atoms with E-state index < -0.39 is 17.7 Å². The molecule has 1 amide bonds. The molecular weight excluding hydrogens is 449 g/mol. The minimum Gasteiger partial charge on any atom is -0.507 e. The van der Waals surface area contributed by atoms with Gasteiger partial charge in [-0.15, -0.1) is 0 Å². The molecule has 2 aromatic rings. The predicted molar refractivity (Wildman–Crippen MR) is 119 cm³/mol. The van der Waals surface area contributed by atoms with Gasteiger partial charge in [-0.1, -0.05) is 47.8 Å². The lowest BCUT2D eigenvalue weighted by atomic mass is 9.94. The fraction of sp³-hybridized carbons (Fsp3) is 0.273. The molecule has 1 aliphatic rings. The van der Waals surface area contributed by atoms with Gasteiger partial charge in [-0.25, -0.2) is 0 Å². The van der Waals surface area contributed by atoms with Crippen LogP contribution in [0.2, 0.25) is 15.1 Å². The van der Waals surface area contributed by atoms with E-state index in [0.29, 0.717) is 23.6 Å². The lowest BCUT2D eigenvalue weighted by Gasteiger charge is -2.25. The van der Waals surface area contributed by atoms with E-state index in [1.807, 2.05) is 6.92 Å². The largest absolute Gasteiger partial charge is 0.507 e. The van der Waals surface area contributed by atoms with Gasteiger partial charge in [-0.05, 0) is 48.7 Å². The number of benzene rings is 2. The fourth-order valence-corrected chi connectivity index (χ4v) is 4.30. The molecule has 0 radical (unpaired) electrons. The van der Waals surface area contributed by atoms with Crippen LogP contribution in [0.25, 0.3) is 5.76 Å². The summed E-state index contributed by atoms with van der Waals surface area (Å²) in [6.45, 7) is 4.03. The number of aliphatic hydroxyl groups excluding tert-OH is 1. The maximum Gasteiger partial charge on any atom is 0.295 e. The minimum atomic E-state index is -0.816. The molecule has 2 aromatic carbocycles. The number of nitrogens with zero attached hydrogens (tertiary/aromatic N) is 1. The molecule has 1 aliphatic heterocycles. The Morgan fingerprint density at radius 2 is 1.80 bits per heavy atom. The Labute approximate surface area is 189 Å². The maximum atomic E-state index is 13.0. The Morgan fingerprint density at radius 1 is 1.10 bits per heavy atom. The summed E-state index contributed by atoms with van der Waals surface area (Å²) >= 11 is 18.5. The number of Topliss-reactive ketones (excluding diaryl/α,β-unsaturated/α-hetero) is 1. The van der Waals surface area contributed by atoms with Crippen molar-refractivity contribution >= 4 is 52.3 Å². The highest BCUT2D eigenvalue weighted by Crippen LogP contribution is 2.43. The van der Waals surface area contributed by atoms with Crippen molar-refractivity contribution in [2.45, 2.75) is 26.3 Å². The summed E-state index contributed by atoms with van der Waals surface area (Å²) in [7, 11) is 1.42. The molecule has 0 saturated carbocycles. The fourth-order valence-electron chi connectivity index (χ4n) is 3.64. The van der Waals surface area contributed by atoms with Gasteiger partial charge in [-0.2, -0.15) is 0 Å². The molecule has 0 bridgehead atoms. The van der Waals surface area contributed by atoms with Crippen LogP contribution in [0.1, 0.15) is 36.1 Å². The third-order valence-corrected chi connectivity index (χ3v) is 5.93. The molecule has 3 rings (SSSR count). The summed E-state index contributed by atoms with van der Waals surface area (Å²) in [4.78, 5) is 27.2. The van der Waals surface area contributed by atoms with E-state index in [4.69, 9.17) is 39.5 Å². The van der Waals surface area contributed by atoms with Crippen LogP contribution in [-0.4, -0.2) is 35.4 Å². The van der Waals surface area contributed by atoms with Crippen molar-refractivity contribution in [2.75, 3.05) is 13.7 Å². The molecule has 1 N–H and O–H groups in total. The van der Waals surface area contributed by atoms with Gasteiger partial charge in [0.1, 0.15) is 11.5 Å².